The fraction of sp³-hybridized carbons (Fsp3) is 0.941. The van der Waals surface area contributed by atoms with E-state index in [4.69, 9.17) is 15.2 Å². The fourth-order valence-electron chi connectivity index (χ4n) is 2.00. The Labute approximate surface area is 160 Å². The number of aliphatic imine (C=N–C) groups is 1. The molecule has 0 aromatic carbocycles. The van der Waals surface area contributed by atoms with Crippen molar-refractivity contribution in [1.82, 2.24) is 5.32 Å². The van der Waals surface area contributed by atoms with Crippen molar-refractivity contribution < 1.29 is 9.47 Å². The third kappa shape index (κ3) is 19.9. The molecule has 0 fully saturated rings. The van der Waals surface area contributed by atoms with Crippen LogP contribution >= 0.6 is 24.0 Å². The number of guanidine groups is 1. The molecule has 0 amide bonds. The van der Waals surface area contributed by atoms with Crippen molar-refractivity contribution in [3.8, 4) is 0 Å². The highest BCUT2D eigenvalue weighted by Crippen LogP contribution is 2.07. The van der Waals surface area contributed by atoms with Crippen LogP contribution in [0, 0.1) is 5.92 Å². The van der Waals surface area contributed by atoms with E-state index in [0.29, 0.717) is 38.4 Å². The van der Waals surface area contributed by atoms with Gasteiger partial charge in [-0.05, 0) is 25.7 Å². The number of nitrogens with two attached hydrogens (primary N) is 1. The lowest BCUT2D eigenvalue weighted by Gasteiger charge is -2.15. The van der Waals surface area contributed by atoms with Crippen LogP contribution in [0.2, 0.25) is 0 Å². The molecule has 23 heavy (non-hydrogen) atoms. The summed E-state index contributed by atoms with van der Waals surface area (Å²) in [6.45, 7) is 12.1. The van der Waals surface area contributed by atoms with Gasteiger partial charge in [0.1, 0.15) is 0 Å². The molecule has 0 saturated carbocycles. The summed E-state index contributed by atoms with van der Waals surface area (Å²) >= 11 is 0. The van der Waals surface area contributed by atoms with Crippen molar-refractivity contribution >= 4 is 29.9 Å². The number of ether oxygens (including phenoxy) is 2. The van der Waals surface area contributed by atoms with Crippen molar-refractivity contribution in [3.05, 3.63) is 0 Å². The van der Waals surface area contributed by atoms with Crippen molar-refractivity contribution in [3.63, 3.8) is 0 Å². The molecule has 0 aromatic rings. The smallest absolute Gasteiger partial charge is 0.188 e. The summed E-state index contributed by atoms with van der Waals surface area (Å²) in [7, 11) is 0. The van der Waals surface area contributed by atoms with Gasteiger partial charge in [0.15, 0.2) is 5.96 Å². The zero-order chi connectivity index (χ0) is 16.6. The molecule has 0 heterocycles. The van der Waals surface area contributed by atoms with Crippen LogP contribution in [-0.4, -0.2) is 45.0 Å². The number of hydrogen-bond donors (Lipinski definition) is 2. The lowest BCUT2D eigenvalue weighted by atomic mass is 10.0. The molecule has 1 unspecified atom stereocenters. The van der Waals surface area contributed by atoms with E-state index in [1.807, 2.05) is 0 Å². The zero-order valence-corrected chi connectivity index (χ0v) is 17.8. The molecule has 140 valence electrons. The first-order valence-electron chi connectivity index (χ1n) is 8.78. The first kappa shape index (κ1) is 25.2. The van der Waals surface area contributed by atoms with E-state index < -0.39 is 0 Å². The Morgan fingerprint density at radius 1 is 1.00 bits per heavy atom. The van der Waals surface area contributed by atoms with Crippen molar-refractivity contribution in [2.24, 2.45) is 16.6 Å². The van der Waals surface area contributed by atoms with Crippen molar-refractivity contribution in [2.45, 2.75) is 65.8 Å². The van der Waals surface area contributed by atoms with E-state index in [-0.39, 0.29) is 24.0 Å². The summed E-state index contributed by atoms with van der Waals surface area (Å²) in [6.07, 6.45) is 5.89. The van der Waals surface area contributed by atoms with Gasteiger partial charge in [-0.1, -0.05) is 40.0 Å². The predicted octanol–water partition coefficient (Wildman–Crippen LogP) is 3.56. The largest absolute Gasteiger partial charge is 0.379 e. The van der Waals surface area contributed by atoms with Gasteiger partial charge in [-0.3, -0.25) is 4.99 Å². The molecule has 0 rings (SSSR count). The first-order valence-corrected chi connectivity index (χ1v) is 8.78. The van der Waals surface area contributed by atoms with Gasteiger partial charge in [0.05, 0.1) is 26.4 Å². The third-order valence-corrected chi connectivity index (χ3v) is 3.34. The summed E-state index contributed by atoms with van der Waals surface area (Å²) in [6, 6.07) is 0.371. The quantitative estimate of drug-likeness (QED) is 0.187. The van der Waals surface area contributed by atoms with Crippen LogP contribution in [0.3, 0.4) is 0 Å². The SMILES string of the molecule is CCCCOCCOCCN=C(N)NC(C)CCCC(C)C.I. The number of rotatable bonds is 14. The Balaban J connectivity index is 0. The summed E-state index contributed by atoms with van der Waals surface area (Å²) in [5.74, 6) is 1.28. The van der Waals surface area contributed by atoms with Crippen LogP contribution in [0.1, 0.15) is 59.8 Å². The van der Waals surface area contributed by atoms with E-state index in [1.54, 1.807) is 0 Å². The van der Waals surface area contributed by atoms with Crippen LogP contribution in [0.5, 0.6) is 0 Å². The minimum absolute atomic E-state index is 0. The molecule has 0 spiro atoms. The lowest BCUT2D eigenvalue weighted by Crippen LogP contribution is -2.38. The lowest BCUT2D eigenvalue weighted by molar-refractivity contribution is 0.0497. The standard InChI is InChI=1S/C17H37N3O2.HI/c1-5-6-11-21-13-14-22-12-10-19-17(18)20-16(4)9-7-8-15(2)3;/h15-16H,5-14H2,1-4H3,(H3,18,19,20);1H. The van der Waals surface area contributed by atoms with Gasteiger partial charge in [0.25, 0.3) is 0 Å². The molecule has 0 saturated heterocycles. The van der Waals surface area contributed by atoms with Crippen LogP contribution in [0.15, 0.2) is 4.99 Å². The Kier molecular flexibility index (Phi) is 20.0. The highest BCUT2D eigenvalue weighted by molar-refractivity contribution is 14.0. The molecule has 6 heteroatoms. The van der Waals surface area contributed by atoms with Gasteiger partial charge in [0, 0.05) is 12.6 Å². The highest BCUT2D eigenvalue weighted by Gasteiger charge is 2.03. The number of hydrogen-bond acceptors (Lipinski definition) is 3. The second-order valence-corrected chi connectivity index (χ2v) is 6.22. The number of unbranched alkanes of at least 4 members (excludes halogenated alkanes) is 1. The van der Waals surface area contributed by atoms with E-state index in [2.05, 4.69) is 38.0 Å². The first-order chi connectivity index (χ1) is 10.6. The Morgan fingerprint density at radius 3 is 2.26 bits per heavy atom. The molecular weight excluding hydrogens is 405 g/mol. The van der Waals surface area contributed by atoms with Crippen LogP contribution in [0.4, 0.5) is 0 Å². The van der Waals surface area contributed by atoms with Crippen LogP contribution in [-0.2, 0) is 9.47 Å². The van der Waals surface area contributed by atoms with E-state index in [1.165, 1.54) is 12.8 Å². The molecule has 0 aromatic heterocycles. The van der Waals surface area contributed by atoms with Gasteiger partial charge in [0.2, 0.25) is 0 Å². The van der Waals surface area contributed by atoms with Gasteiger partial charge in [-0.15, -0.1) is 24.0 Å². The van der Waals surface area contributed by atoms with Gasteiger partial charge < -0.3 is 20.5 Å². The van der Waals surface area contributed by atoms with Gasteiger partial charge in [-0.25, -0.2) is 0 Å². The zero-order valence-electron chi connectivity index (χ0n) is 15.5. The number of nitrogens with one attached hydrogen (secondary N) is 1. The molecule has 0 radical (unpaired) electrons. The van der Waals surface area contributed by atoms with Crippen LogP contribution < -0.4 is 11.1 Å². The number of halogens is 1. The topological polar surface area (TPSA) is 68.9 Å². The van der Waals surface area contributed by atoms with Gasteiger partial charge in [-0.2, -0.15) is 0 Å². The maximum atomic E-state index is 5.86. The predicted molar refractivity (Wildman–Crippen MR) is 110 cm³/mol. The summed E-state index contributed by atoms with van der Waals surface area (Å²) in [5.41, 5.74) is 5.86. The molecule has 0 aliphatic rings. The fourth-order valence-corrected chi connectivity index (χ4v) is 2.00. The second kappa shape index (κ2) is 18.3. The number of nitrogens with zero attached hydrogens (tertiary/aromatic N) is 1. The molecular formula is C17H38IN3O2. The molecule has 1 atom stereocenters. The highest BCUT2D eigenvalue weighted by atomic mass is 127. The van der Waals surface area contributed by atoms with Crippen molar-refractivity contribution in [1.29, 1.82) is 0 Å². The third-order valence-electron chi connectivity index (χ3n) is 3.34. The van der Waals surface area contributed by atoms with E-state index in [0.717, 1.165) is 31.8 Å². The van der Waals surface area contributed by atoms with E-state index >= 15 is 0 Å². The normalized spacial score (nSPS) is 13.0. The molecule has 0 aliphatic carbocycles. The van der Waals surface area contributed by atoms with Crippen molar-refractivity contribution in [2.75, 3.05) is 33.0 Å². The Bertz CT molecular complexity index is 277. The monoisotopic (exact) mass is 443 g/mol. The summed E-state index contributed by atoms with van der Waals surface area (Å²) in [4.78, 5) is 4.27. The minimum Gasteiger partial charge on any atom is -0.379 e. The molecule has 0 bridgehead atoms. The maximum Gasteiger partial charge on any atom is 0.188 e. The second-order valence-electron chi connectivity index (χ2n) is 6.22. The maximum absolute atomic E-state index is 5.86. The summed E-state index contributed by atoms with van der Waals surface area (Å²) < 4.78 is 10.9. The average Bonchev–Trinajstić information content (AvgIpc) is 2.45. The molecule has 3 N–H and O–H groups in total. The van der Waals surface area contributed by atoms with Crippen LogP contribution in [0.25, 0.3) is 0 Å². The Morgan fingerprint density at radius 2 is 1.65 bits per heavy atom. The molecule has 5 nitrogen and oxygen atoms in total. The summed E-state index contributed by atoms with van der Waals surface area (Å²) in [5, 5.41) is 3.23. The molecule has 0 aliphatic heterocycles. The van der Waals surface area contributed by atoms with Gasteiger partial charge >= 0.3 is 0 Å². The van der Waals surface area contributed by atoms with E-state index in [9.17, 15) is 0 Å². The average molecular weight is 443 g/mol. The minimum atomic E-state index is 0. The Hall–Kier alpha value is -0.0800.